The minimum absolute atomic E-state index is 0.124. The van der Waals surface area contributed by atoms with Crippen LogP contribution in [-0.4, -0.2) is 21.4 Å². The Morgan fingerprint density at radius 1 is 1.83 bits per heavy atom. The molecule has 0 radical (unpaired) electrons. The van der Waals surface area contributed by atoms with Gasteiger partial charge in [0.2, 0.25) is 5.91 Å². The van der Waals surface area contributed by atoms with Gasteiger partial charge in [-0.2, -0.15) is 17.7 Å². The molecule has 0 aliphatic heterocycles. The normalized spacial score (nSPS) is 9.92. The molecular weight excluding hydrogens is 174 g/mol. The average Bonchev–Trinajstić information content (AvgIpc) is 2.30. The van der Waals surface area contributed by atoms with Crippen molar-refractivity contribution in [2.24, 2.45) is 7.05 Å². The third-order valence-electron chi connectivity index (χ3n) is 1.41. The lowest BCUT2D eigenvalue weighted by Gasteiger charge is -2.01. The smallest absolute Gasteiger partial charge is 0.235 e. The number of anilines is 1. The van der Waals surface area contributed by atoms with Crippen molar-refractivity contribution in [1.29, 1.82) is 0 Å². The van der Waals surface area contributed by atoms with Gasteiger partial charge in [0.25, 0.3) is 0 Å². The van der Waals surface area contributed by atoms with Crippen LogP contribution in [0.1, 0.15) is 5.69 Å². The molecule has 0 aliphatic rings. The highest BCUT2D eigenvalue weighted by Crippen LogP contribution is 2.07. The number of hydrogen-bond donors (Lipinski definition) is 2. The molecule has 0 spiro atoms. The van der Waals surface area contributed by atoms with Crippen molar-refractivity contribution in [1.82, 2.24) is 9.78 Å². The summed E-state index contributed by atoms with van der Waals surface area (Å²) in [7, 11) is 1.78. The van der Waals surface area contributed by atoms with E-state index >= 15 is 0 Å². The van der Waals surface area contributed by atoms with Gasteiger partial charge in [0, 0.05) is 13.1 Å². The van der Waals surface area contributed by atoms with E-state index in [0.717, 1.165) is 5.69 Å². The Morgan fingerprint density at radius 3 is 2.92 bits per heavy atom. The summed E-state index contributed by atoms with van der Waals surface area (Å²) in [6.45, 7) is 1.87. The van der Waals surface area contributed by atoms with Crippen LogP contribution in [0.15, 0.2) is 6.07 Å². The van der Waals surface area contributed by atoms with Crippen LogP contribution in [0.25, 0.3) is 0 Å². The van der Waals surface area contributed by atoms with Crippen LogP contribution in [0.2, 0.25) is 0 Å². The molecule has 0 aliphatic carbocycles. The Kier molecular flexibility index (Phi) is 2.75. The van der Waals surface area contributed by atoms with Crippen molar-refractivity contribution in [3.8, 4) is 0 Å². The second kappa shape index (κ2) is 3.62. The fraction of sp³-hybridized carbons (Fsp3) is 0.429. The van der Waals surface area contributed by atoms with Crippen molar-refractivity contribution in [3.05, 3.63) is 11.8 Å². The number of nitrogens with zero attached hydrogens (tertiary/aromatic N) is 2. The molecule has 1 heterocycles. The molecular formula is C7H11N3OS. The summed E-state index contributed by atoms with van der Waals surface area (Å²) < 4.78 is 1.62. The van der Waals surface area contributed by atoms with Crippen LogP contribution >= 0.6 is 12.6 Å². The van der Waals surface area contributed by atoms with Gasteiger partial charge < -0.3 is 5.32 Å². The van der Waals surface area contributed by atoms with Crippen LogP contribution in [0.5, 0.6) is 0 Å². The zero-order valence-corrected chi connectivity index (χ0v) is 7.93. The highest BCUT2D eigenvalue weighted by atomic mass is 32.1. The molecule has 66 valence electrons. The number of hydrogen-bond acceptors (Lipinski definition) is 3. The Balaban J connectivity index is 2.75. The molecule has 1 amide bonds. The van der Waals surface area contributed by atoms with Crippen molar-refractivity contribution in [3.63, 3.8) is 0 Å². The van der Waals surface area contributed by atoms with E-state index in [2.05, 4.69) is 23.0 Å². The summed E-state index contributed by atoms with van der Waals surface area (Å²) in [4.78, 5) is 10.9. The summed E-state index contributed by atoms with van der Waals surface area (Å²) in [6, 6.07) is 1.81. The van der Waals surface area contributed by atoms with Crippen molar-refractivity contribution in [2.45, 2.75) is 6.92 Å². The van der Waals surface area contributed by atoms with Gasteiger partial charge >= 0.3 is 0 Å². The van der Waals surface area contributed by atoms with Gasteiger partial charge in [0.1, 0.15) is 5.82 Å². The Bertz CT molecular complexity index is 295. The van der Waals surface area contributed by atoms with E-state index in [1.54, 1.807) is 17.8 Å². The maximum Gasteiger partial charge on any atom is 0.235 e. The van der Waals surface area contributed by atoms with Crippen LogP contribution < -0.4 is 5.32 Å². The van der Waals surface area contributed by atoms with Crippen molar-refractivity contribution in [2.75, 3.05) is 11.1 Å². The maximum atomic E-state index is 10.9. The van der Waals surface area contributed by atoms with Gasteiger partial charge in [-0.1, -0.05) is 0 Å². The first-order valence-corrected chi connectivity index (χ1v) is 4.18. The zero-order chi connectivity index (χ0) is 9.14. The summed E-state index contributed by atoms with van der Waals surface area (Å²) in [5.74, 6) is 0.761. The highest BCUT2D eigenvalue weighted by Gasteiger charge is 2.04. The minimum atomic E-state index is -0.124. The summed E-state index contributed by atoms with van der Waals surface area (Å²) in [5.41, 5.74) is 0.881. The van der Waals surface area contributed by atoms with Gasteiger partial charge in [-0.05, 0) is 6.92 Å². The predicted octanol–water partition coefficient (Wildman–Crippen LogP) is 0.597. The minimum Gasteiger partial charge on any atom is -0.310 e. The second-order valence-electron chi connectivity index (χ2n) is 2.50. The molecule has 4 nitrogen and oxygen atoms in total. The average molecular weight is 185 g/mol. The molecule has 1 rings (SSSR count). The lowest BCUT2D eigenvalue weighted by molar-refractivity contribution is -0.113. The van der Waals surface area contributed by atoms with Gasteiger partial charge in [-0.25, -0.2) is 0 Å². The summed E-state index contributed by atoms with van der Waals surface area (Å²) >= 11 is 3.85. The topological polar surface area (TPSA) is 46.9 Å². The van der Waals surface area contributed by atoms with Gasteiger partial charge in [-0.15, -0.1) is 0 Å². The van der Waals surface area contributed by atoms with E-state index in [9.17, 15) is 4.79 Å². The summed E-state index contributed by atoms with van der Waals surface area (Å²) in [5, 5.41) is 6.74. The fourth-order valence-electron chi connectivity index (χ4n) is 0.910. The molecule has 1 aromatic rings. The van der Waals surface area contributed by atoms with Crippen molar-refractivity contribution < 1.29 is 4.79 Å². The first-order valence-electron chi connectivity index (χ1n) is 3.55. The third kappa shape index (κ3) is 2.01. The number of aromatic nitrogens is 2. The lowest BCUT2D eigenvalue weighted by Crippen LogP contribution is -2.15. The number of aryl methyl sites for hydroxylation is 2. The molecule has 5 heteroatoms. The monoisotopic (exact) mass is 185 g/mol. The third-order valence-corrected chi connectivity index (χ3v) is 1.70. The quantitative estimate of drug-likeness (QED) is 0.663. The second-order valence-corrected chi connectivity index (χ2v) is 2.82. The standard InChI is InChI=1S/C7H11N3OS/c1-5-3-6(10(2)9-5)8-7(11)4-12/h3,12H,4H2,1-2H3,(H,8,11). The van der Waals surface area contributed by atoms with Crippen LogP contribution in [0.4, 0.5) is 5.82 Å². The largest absolute Gasteiger partial charge is 0.310 e. The number of rotatable bonds is 2. The molecule has 1 aromatic heterocycles. The maximum absolute atomic E-state index is 10.9. The van der Waals surface area contributed by atoms with E-state index in [1.807, 2.05) is 6.92 Å². The molecule has 0 bridgehead atoms. The molecule has 0 saturated carbocycles. The molecule has 12 heavy (non-hydrogen) atoms. The Labute approximate surface area is 76.4 Å². The Hall–Kier alpha value is -0.970. The van der Waals surface area contributed by atoms with E-state index in [-0.39, 0.29) is 11.7 Å². The van der Waals surface area contributed by atoms with Crippen LogP contribution in [0.3, 0.4) is 0 Å². The molecule has 0 aromatic carbocycles. The molecule has 0 unspecified atom stereocenters. The molecule has 0 fully saturated rings. The van der Waals surface area contributed by atoms with Crippen LogP contribution in [0, 0.1) is 6.92 Å². The number of carbonyl (C=O) groups excluding carboxylic acids is 1. The predicted molar refractivity (Wildman–Crippen MR) is 50.4 cm³/mol. The first kappa shape index (κ1) is 9.12. The number of thiol groups is 1. The number of carbonyl (C=O) groups is 1. The Morgan fingerprint density at radius 2 is 2.50 bits per heavy atom. The molecule has 0 saturated heterocycles. The summed E-state index contributed by atoms with van der Waals surface area (Å²) in [6.07, 6.45) is 0. The van der Waals surface area contributed by atoms with E-state index in [0.29, 0.717) is 5.82 Å². The number of amides is 1. The van der Waals surface area contributed by atoms with Gasteiger partial charge in [-0.3, -0.25) is 9.48 Å². The van der Waals surface area contributed by atoms with Crippen LogP contribution in [-0.2, 0) is 11.8 Å². The molecule has 1 N–H and O–H groups in total. The van der Waals surface area contributed by atoms with Gasteiger partial charge in [0.05, 0.1) is 11.4 Å². The lowest BCUT2D eigenvalue weighted by atomic mass is 10.4. The first-order chi connectivity index (χ1) is 5.63. The molecule has 0 atom stereocenters. The fourth-order valence-corrected chi connectivity index (χ4v) is 0.989. The van der Waals surface area contributed by atoms with Crippen molar-refractivity contribution >= 4 is 24.4 Å². The van der Waals surface area contributed by atoms with E-state index in [4.69, 9.17) is 0 Å². The van der Waals surface area contributed by atoms with E-state index < -0.39 is 0 Å². The van der Waals surface area contributed by atoms with Gasteiger partial charge in [0.15, 0.2) is 0 Å². The zero-order valence-electron chi connectivity index (χ0n) is 7.03. The highest BCUT2D eigenvalue weighted by molar-refractivity contribution is 7.81. The number of nitrogens with one attached hydrogen (secondary N) is 1. The van der Waals surface area contributed by atoms with E-state index in [1.165, 1.54) is 0 Å². The SMILES string of the molecule is Cc1cc(NC(=O)CS)n(C)n1.